The van der Waals surface area contributed by atoms with Gasteiger partial charge in [0.1, 0.15) is 26.3 Å². The summed E-state index contributed by atoms with van der Waals surface area (Å²) in [6.45, 7) is 17.8. The molecule has 0 radical (unpaired) electrons. The van der Waals surface area contributed by atoms with Crippen molar-refractivity contribution in [2.24, 2.45) is 0 Å². The molecule has 10 nitrogen and oxygen atoms in total. The fourth-order valence-corrected chi connectivity index (χ4v) is 1.40. The smallest absolute Gasteiger partial charge is 0.330 e. The Balaban J connectivity index is -0.000000416. The van der Waals surface area contributed by atoms with Gasteiger partial charge in [-0.25, -0.2) is 9.59 Å². The fourth-order valence-electron chi connectivity index (χ4n) is 1.40. The van der Waals surface area contributed by atoms with Gasteiger partial charge in [-0.1, -0.05) is 13.2 Å². The van der Waals surface area contributed by atoms with Gasteiger partial charge in [0.2, 0.25) is 0 Å². The molecule has 0 rings (SSSR count). The highest BCUT2D eigenvalue weighted by Gasteiger charge is 2.20. The van der Waals surface area contributed by atoms with Crippen LogP contribution in [0.4, 0.5) is 0 Å². The third kappa shape index (κ3) is 24.4. The number of nitrogens with zero attached hydrogens (tertiary/aromatic N) is 2. The zero-order valence-corrected chi connectivity index (χ0v) is 20.9. The minimum Gasteiger partial charge on any atom is -0.759 e. The van der Waals surface area contributed by atoms with Crippen LogP contribution in [0.15, 0.2) is 25.3 Å². The maximum absolute atomic E-state index is 10.7. The normalized spacial score (nSPS) is 11.5. The van der Waals surface area contributed by atoms with E-state index in [1.807, 2.05) is 0 Å². The van der Waals surface area contributed by atoms with Crippen molar-refractivity contribution >= 4 is 22.3 Å². The minimum absolute atomic E-state index is 0.344. The van der Waals surface area contributed by atoms with Crippen LogP contribution in [0.2, 0.25) is 0 Å². The second kappa shape index (κ2) is 15.9. The van der Waals surface area contributed by atoms with Gasteiger partial charge in [-0.2, -0.15) is 0 Å². The van der Waals surface area contributed by atoms with E-state index in [1.165, 1.54) is 12.2 Å². The number of likely N-dealkylation sites (N-methyl/N-ethyl adjacent to an activating group) is 2. The van der Waals surface area contributed by atoms with Gasteiger partial charge in [0.05, 0.1) is 40.3 Å². The summed E-state index contributed by atoms with van der Waals surface area (Å²) in [4.78, 5) is 21.4. The van der Waals surface area contributed by atoms with Crippen LogP contribution < -0.4 is 0 Å². The van der Waals surface area contributed by atoms with Gasteiger partial charge in [0.25, 0.3) is 0 Å². The van der Waals surface area contributed by atoms with Gasteiger partial charge in [0.15, 0.2) is 0 Å². The molecule has 0 aromatic rings. The van der Waals surface area contributed by atoms with Crippen LogP contribution in [0.3, 0.4) is 0 Å². The van der Waals surface area contributed by atoms with Crippen LogP contribution in [-0.4, -0.2) is 105 Å². The fraction of sp³-hybridized carbons (Fsp3) is 0.700. The third-order valence-electron chi connectivity index (χ3n) is 4.95. The Labute approximate surface area is 187 Å². The monoisotopic (exact) mass is 468 g/mol. The van der Waals surface area contributed by atoms with E-state index in [-0.39, 0.29) is 11.9 Å². The van der Waals surface area contributed by atoms with E-state index < -0.39 is 10.4 Å². The van der Waals surface area contributed by atoms with Gasteiger partial charge < -0.3 is 27.5 Å². The van der Waals surface area contributed by atoms with Crippen molar-refractivity contribution in [3.05, 3.63) is 25.3 Å². The zero-order chi connectivity index (χ0) is 25.5. The van der Waals surface area contributed by atoms with E-state index in [9.17, 15) is 9.59 Å². The van der Waals surface area contributed by atoms with Crippen LogP contribution in [0.25, 0.3) is 0 Å². The number of hydrogen-bond acceptors (Lipinski definition) is 8. The maximum Gasteiger partial charge on any atom is 0.330 e. The van der Waals surface area contributed by atoms with Gasteiger partial charge in [0, 0.05) is 22.6 Å². The SMILES string of the molecule is C=CC(=O)OCC[N+](C)(C)C(C)C.C=CC(=O)OCC[N+](C)(C)C(C)C.O=S(=O)([O-])[O-]. The second-order valence-electron chi connectivity index (χ2n) is 8.34. The lowest BCUT2D eigenvalue weighted by molar-refractivity contribution is -0.911. The quantitative estimate of drug-likeness (QED) is 0.153. The van der Waals surface area contributed by atoms with Crippen LogP contribution in [0.5, 0.6) is 0 Å². The predicted molar refractivity (Wildman–Crippen MR) is 117 cm³/mol. The molecule has 0 aliphatic rings. The van der Waals surface area contributed by atoms with Crippen molar-refractivity contribution < 1.29 is 45.6 Å². The van der Waals surface area contributed by atoms with E-state index in [4.69, 9.17) is 27.0 Å². The molecule has 0 spiro atoms. The molecule has 11 heteroatoms. The van der Waals surface area contributed by atoms with E-state index in [0.717, 1.165) is 22.1 Å². The molecule has 0 fully saturated rings. The predicted octanol–water partition coefficient (Wildman–Crippen LogP) is 1.06. The highest BCUT2D eigenvalue weighted by atomic mass is 32.3. The number of carbonyl (C=O) groups is 2. The Morgan fingerprint density at radius 3 is 1.19 bits per heavy atom. The summed E-state index contributed by atoms with van der Waals surface area (Å²) in [7, 11) is 3.30. The Hall–Kier alpha value is -1.79. The highest BCUT2D eigenvalue weighted by Crippen LogP contribution is 2.05. The molecule has 31 heavy (non-hydrogen) atoms. The average molecular weight is 469 g/mol. The summed E-state index contributed by atoms with van der Waals surface area (Å²) in [5.41, 5.74) is 0. The standard InChI is InChI=1S/2C10H20NO2.H2O4S/c2*1-6-10(12)13-8-7-11(4,5)9(2)3;1-5(2,3)4/h2*6,9H,1,7-8H2,2-5H3;(H2,1,2,3,4)/q2*+1;/p-2. The summed E-state index contributed by atoms with van der Waals surface area (Å²) in [6, 6.07) is 1.06. The number of esters is 2. The lowest BCUT2D eigenvalue weighted by atomic mass is 10.3. The van der Waals surface area contributed by atoms with Crippen molar-refractivity contribution in [2.45, 2.75) is 39.8 Å². The first-order valence-electron chi connectivity index (χ1n) is 9.70. The van der Waals surface area contributed by atoms with Gasteiger partial charge in [-0.15, -0.1) is 0 Å². The highest BCUT2D eigenvalue weighted by molar-refractivity contribution is 7.79. The van der Waals surface area contributed by atoms with Crippen LogP contribution in [0, 0.1) is 0 Å². The molecule has 0 aliphatic carbocycles. The molecule has 184 valence electrons. The molecule has 0 bridgehead atoms. The summed E-state index contributed by atoms with van der Waals surface area (Å²) in [5.74, 6) is -0.687. The number of quaternary nitrogens is 2. The van der Waals surface area contributed by atoms with Crippen molar-refractivity contribution in [2.75, 3.05) is 54.5 Å². The molecular weight excluding hydrogens is 428 g/mol. The molecule has 0 atom stereocenters. The van der Waals surface area contributed by atoms with Crippen molar-refractivity contribution in [1.29, 1.82) is 0 Å². The largest absolute Gasteiger partial charge is 0.759 e. The third-order valence-corrected chi connectivity index (χ3v) is 4.95. The van der Waals surface area contributed by atoms with Gasteiger partial charge in [-0.3, -0.25) is 8.42 Å². The summed E-state index contributed by atoms with van der Waals surface area (Å²) in [6.07, 6.45) is 2.38. The lowest BCUT2D eigenvalue weighted by Crippen LogP contribution is -2.47. The summed E-state index contributed by atoms with van der Waals surface area (Å²) >= 11 is 0. The van der Waals surface area contributed by atoms with Crippen LogP contribution in [-0.2, 0) is 29.5 Å². The Kier molecular flexibility index (Phi) is 17.4. The minimum atomic E-state index is -5.17. The Bertz CT molecular complexity index is 606. The topological polar surface area (TPSA) is 133 Å². The molecule has 0 saturated heterocycles. The van der Waals surface area contributed by atoms with E-state index in [1.54, 1.807) is 0 Å². The molecule has 0 unspecified atom stereocenters. The summed E-state index contributed by atoms with van der Waals surface area (Å²) in [5, 5.41) is 0. The molecule has 0 amide bonds. The number of rotatable bonds is 10. The second-order valence-corrected chi connectivity index (χ2v) is 9.16. The molecular formula is C20H40N2O8S. The van der Waals surface area contributed by atoms with Gasteiger partial charge in [-0.05, 0) is 27.7 Å². The number of carbonyl (C=O) groups excluding carboxylic acids is 2. The van der Waals surface area contributed by atoms with Crippen LogP contribution in [0.1, 0.15) is 27.7 Å². The molecule has 0 N–H and O–H groups in total. The Morgan fingerprint density at radius 1 is 0.806 bits per heavy atom. The van der Waals surface area contributed by atoms with Crippen LogP contribution >= 0.6 is 0 Å². The summed E-state index contributed by atoms with van der Waals surface area (Å²) < 4.78 is 45.6. The maximum atomic E-state index is 10.7. The van der Waals surface area contributed by atoms with E-state index in [2.05, 4.69) is 69.0 Å². The lowest BCUT2D eigenvalue weighted by Gasteiger charge is -2.33. The molecule has 0 saturated carbocycles. The molecule has 0 heterocycles. The Morgan fingerprint density at radius 2 is 1.03 bits per heavy atom. The molecule has 0 aliphatic heterocycles. The van der Waals surface area contributed by atoms with E-state index >= 15 is 0 Å². The van der Waals surface area contributed by atoms with Gasteiger partial charge >= 0.3 is 11.9 Å². The zero-order valence-electron chi connectivity index (χ0n) is 20.1. The first-order valence-corrected chi connectivity index (χ1v) is 11.0. The van der Waals surface area contributed by atoms with E-state index in [0.29, 0.717) is 25.3 Å². The van der Waals surface area contributed by atoms with Crippen molar-refractivity contribution in [3.63, 3.8) is 0 Å². The number of hydrogen-bond donors (Lipinski definition) is 0. The first kappa shape index (κ1) is 33.8. The first-order chi connectivity index (χ1) is 13.8. The van der Waals surface area contributed by atoms with Crippen molar-refractivity contribution in [1.82, 2.24) is 0 Å². The molecule has 0 aromatic heterocycles. The number of ether oxygens (including phenoxy) is 2. The molecule has 0 aromatic carbocycles. The van der Waals surface area contributed by atoms with Crippen molar-refractivity contribution in [3.8, 4) is 0 Å². The average Bonchev–Trinajstić information content (AvgIpc) is 2.59.